The summed E-state index contributed by atoms with van der Waals surface area (Å²) in [6.07, 6.45) is -2.47. The second kappa shape index (κ2) is 6.83. The van der Waals surface area contributed by atoms with Crippen molar-refractivity contribution in [3.05, 3.63) is 65.2 Å². The molecule has 0 spiro atoms. The molecule has 0 aliphatic carbocycles. The molecule has 0 aliphatic rings. The van der Waals surface area contributed by atoms with Crippen LogP contribution in [0.1, 0.15) is 27.9 Å². The molecule has 3 nitrogen and oxygen atoms in total. The Morgan fingerprint density at radius 1 is 1.19 bits per heavy atom. The fourth-order valence-electron chi connectivity index (χ4n) is 1.88. The van der Waals surface area contributed by atoms with Crippen molar-refractivity contribution in [2.45, 2.75) is 13.0 Å². The van der Waals surface area contributed by atoms with Gasteiger partial charge in [0.25, 0.3) is 6.43 Å². The number of nitrogens with one attached hydrogen (secondary N) is 1. The summed E-state index contributed by atoms with van der Waals surface area (Å²) in [5.41, 5.74) is 2.04. The fraction of sp³-hybridized carbons (Fsp3) is 0.188. The van der Waals surface area contributed by atoms with Gasteiger partial charge >= 0.3 is 5.97 Å². The summed E-state index contributed by atoms with van der Waals surface area (Å²) >= 11 is 0. The summed E-state index contributed by atoms with van der Waals surface area (Å²) in [5.74, 6) is -0.397. The largest absolute Gasteiger partial charge is 0.465 e. The number of benzene rings is 2. The first-order chi connectivity index (χ1) is 10.1. The smallest absolute Gasteiger partial charge is 0.337 e. The fourth-order valence-corrected chi connectivity index (χ4v) is 1.88. The van der Waals surface area contributed by atoms with Crippen LogP contribution in [0.25, 0.3) is 0 Å². The highest BCUT2D eigenvalue weighted by Gasteiger charge is 2.07. The van der Waals surface area contributed by atoms with Crippen molar-refractivity contribution in [3.8, 4) is 0 Å². The topological polar surface area (TPSA) is 38.3 Å². The number of methoxy groups -OCH3 is 1. The van der Waals surface area contributed by atoms with Crippen molar-refractivity contribution in [3.63, 3.8) is 0 Å². The van der Waals surface area contributed by atoms with E-state index in [1.54, 1.807) is 36.4 Å². The van der Waals surface area contributed by atoms with E-state index in [0.717, 1.165) is 11.3 Å². The molecule has 0 atom stereocenters. The average molecular weight is 291 g/mol. The maximum absolute atomic E-state index is 12.6. The van der Waals surface area contributed by atoms with Crippen molar-refractivity contribution >= 4 is 11.7 Å². The third kappa shape index (κ3) is 4.02. The molecule has 2 aromatic carbocycles. The molecule has 0 unspecified atom stereocenters. The number of ether oxygens (including phenoxy) is 1. The summed E-state index contributed by atoms with van der Waals surface area (Å²) in [4.78, 5) is 11.3. The van der Waals surface area contributed by atoms with E-state index in [-0.39, 0.29) is 5.56 Å². The third-order valence-corrected chi connectivity index (χ3v) is 3.01. The molecule has 0 amide bonds. The number of hydrogen-bond donors (Lipinski definition) is 1. The first kappa shape index (κ1) is 15.0. The van der Waals surface area contributed by atoms with E-state index in [1.165, 1.54) is 19.2 Å². The normalized spacial score (nSPS) is 10.5. The Bertz CT molecular complexity index is 612. The predicted molar refractivity (Wildman–Crippen MR) is 76.5 cm³/mol. The minimum atomic E-state index is -2.47. The molecule has 21 heavy (non-hydrogen) atoms. The zero-order valence-electron chi connectivity index (χ0n) is 11.5. The Balaban J connectivity index is 2.00. The third-order valence-electron chi connectivity index (χ3n) is 3.01. The van der Waals surface area contributed by atoms with Gasteiger partial charge in [-0.1, -0.05) is 18.2 Å². The Hall–Kier alpha value is -2.43. The lowest BCUT2D eigenvalue weighted by Crippen LogP contribution is -2.03. The molecule has 0 aliphatic heterocycles. The Labute approximate surface area is 121 Å². The number of esters is 1. The van der Waals surface area contributed by atoms with Crippen LogP contribution in [0.15, 0.2) is 48.5 Å². The Morgan fingerprint density at radius 2 is 1.90 bits per heavy atom. The van der Waals surface area contributed by atoms with Crippen LogP contribution in [0.5, 0.6) is 0 Å². The molecule has 0 saturated carbocycles. The molecule has 0 radical (unpaired) electrons. The maximum atomic E-state index is 12.6. The van der Waals surface area contributed by atoms with Gasteiger partial charge in [-0.2, -0.15) is 0 Å². The number of carbonyl (C=O) groups is 1. The first-order valence-electron chi connectivity index (χ1n) is 6.39. The van der Waals surface area contributed by atoms with Crippen LogP contribution in [0, 0.1) is 0 Å². The number of alkyl halides is 2. The lowest BCUT2D eigenvalue weighted by atomic mass is 10.1. The van der Waals surface area contributed by atoms with Crippen molar-refractivity contribution in [1.82, 2.24) is 0 Å². The lowest BCUT2D eigenvalue weighted by Gasteiger charge is -2.08. The zero-order chi connectivity index (χ0) is 15.2. The molecule has 1 N–H and O–H groups in total. The summed E-state index contributed by atoms with van der Waals surface area (Å²) in [6, 6.07) is 13.0. The number of carbonyl (C=O) groups excluding carboxylic acids is 1. The minimum Gasteiger partial charge on any atom is -0.465 e. The minimum absolute atomic E-state index is 0.00957. The van der Waals surface area contributed by atoms with E-state index in [1.807, 2.05) is 0 Å². The Kier molecular flexibility index (Phi) is 4.87. The predicted octanol–water partition coefficient (Wildman–Crippen LogP) is 4.02. The highest BCUT2D eigenvalue weighted by molar-refractivity contribution is 5.89. The molecule has 0 fully saturated rings. The van der Waals surface area contributed by atoms with Crippen LogP contribution in [-0.4, -0.2) is 13.1 Å². The van der Waals surface area contributed by atoms with Gasteiger partial charge < -0.3 is 10.1 Å². The summed E-state index contributed by atoms with van der Waals surface area (Å²) in [6.45, 7) is 0.429. The molecule has 0 aromatic heterocycles. The van der Waals surface area contributed by atoms with Gasteiger partial charge in [-0.15, -0.1) is 0 Å². The molecular formula is C16H15F2NO2. The van der Waals surface area contributed by atoms with E-state index in [2.05, 4.69) is 10.1 Å². The van der Waals surface area contributed by atoms with Gasteiger partial charge in [0.05, 0.1) is 12.7 Å². The van der Waals surface area contributed by atoms with Gasteiger partial charge in [-0.25, -0.2) is 13.6 Å². The summed E-state index contributed by atoms with van der Waals surface area (Å²) in [7, 11) is 1.32. The van der Waals surface area contributed by atoms with Gasteiger partial charge in [0.2, 0.25) is 0 Å². The van der Waals surface area contributed by atoms with Crippen LogP contribution in [0.3, 0.4) is 0 Å². The van der Waals surface area contributed by atoms with Gasteiger partial charge in [0.15, 0.2) is 0 Å². The van der Waals surface area contributed by atoms with Crippen LogP contribution >= 0.6 is 0 Å². The number of hydrogen-bond acceptors (Lipinski definition) is 3. The van der Waals surface area contributed by atoms with E-state index < -0.39 is 12.4 Å². The van der Waals surface area contributed by atoms with E-state index in [9.17, 15) is 13.6 Å². The van der Waals surface area contributed by atoms with Crippen LogP contribution < -0.4 is 5.32 Å². The SMILES string of the molecule is COC(=O)c1ccc(NCc2cccc(C(F)F)c2)cc1. The zero-order valence-corrected chi connectivity index (χ0v) is 11.5. The average Bonchev–Trinajstić information content (AvgIpc) is 2.53. The van der Waals surface area contributed by atoms with Gasteiger partial charge in [0.1, 0.15) is 0 Å². The van der Waals surface area contributed by atoms with Crippen LogP contribution in [0.4, 0.5) is 14.5 Å². The van der Waals surface area contributed by atoms with Crippen molar-refractivity contribution < 1.29 is 18.3 Å². The highest BCUT2D eigenvalue weighted by atomic mass is 19.3. The summed E-state index contributed by atoms with van der Waals surface area (Å²) in [5, 5.41) is 3.11. The van der Waals surface area contributed by atoms with Crippen molar-refractivity contribution in [2.24, 2.45) is 0 Å². The molecule has 0 saturated heterocycles. The van der Waals surface area contributed by atoms with Crippen LogP contribution in [-0.2, 0) is 11.3 Å². The van der Waals surface area contributed by atoms with Gasteiger partial charge in [-0.3, -0.25) is 0 Å². The maximum Gasteiger partial charge on any atom is 0.337 e. The van der Waals surface area contributed by atoms with Gasteiger partial charge in [-0.05, 0) is 35.9 Å². The van der Waals surface area contributed by atoms with Crippen LogP contribution in [0.2, 0.25) is 0 Å². The second-order valence-corrected chi connectivity index (χ2v) is 4.47. The lowest BCUT2D eigenvalue weighted by molar-refractivity contribution is 0.0600. The number of halogens is 2. The highest BCUT2D eigenvalue weighted by Crippen LogP contribution is 2.20. The molecule has 110 valence electrons. The standard InChI is InChI=1S/C16H15F2NO2/c1-21-16(20)12-5-7-14(8-6-12)19-10-11-3-2-4-13(9-11)15(17)18/h2-9,15,19H,10H2,1H3. The molecule has 0 heterocycles. The number of rotatable bonds is 5. The number of anilines is 1. The quantitative estimate of drug-likeness (QED) is 0.845. The molecule has 5 heteroatoms. The van der Waals surface area contributed by atoms with E-state index in [0.29, 0.717) is 12.1 Å². The van der Waals surface area contributed by atoms with Crippen molar-refractivity contribution in [2.75, 3.05) is 12.4 Å². The van der Waals surface area contributed by atoms with Crippen molar-refractivity contribution in [1.29, 1.82) is 0 Å². The van der Waals surface area contributed by atoms with E-state index in [4.69, 9.17) is 0 Å². The Morgan fingerprint density at radius 3 is 2.52 bits per heavy atom. The summed E-state index contributed by atoms with van der Waals surface area (Å²) < 4.78 is 29.8. The monoisotopic (exact) mass is 291 g/mol. The molecule has 0 bridgehead atoms. The first-order valence-corrected chi connectivity index (χ1v) is 6.39. The molecule has 2 aromatic rings. The molecule has 2 rings (SSSR count). The molecular weight excluding hydrogens is 276 g/mol. The van der Waals surface area contributed by atoms with E-state index >= 15 is 0 Å². The van der Waals surface area contributed by atoms with Gasteiger partial charge in [0, 0.05) is 17.8 Å². The second-order valence-electron chi connectivity index (χ2n) is 4.47.